The molecule has 0 unspecified atom stereocenters. The van der Waals surface area contributed by atoms with E-state index in [1.165, 1.54) is 0 Å². The number of hydrogen-bond donors (Lipinski definition) is 0. The molecule has 0 aliphatic carbocycles. The van der Waals surface area contributed by atoms with E-state index in [1.54, 1.807) is 0 Å². The van der Waals surface area contributed by atoms with Crippen molar-refractivity contribution in [3.05, 3.63) is 0 Å². The van der Waals surface area contributed by atoms with E-state index in [4.69, 9.17) is 0 Å². The van der Waals surface area contributed by atoms with Gasteiger partial charge in [0.15, 0.2) is 0 Å². The Morgan fingerprint density at radius 3 is 1.33 bits per heavy atom. The molecule has 0 aliphatic heterocycles. The maximum Gasteiger partial charge on any atom is 0.207 e. The lowest BCUT2D eigenvalue weighted by molar-refractivity contribution is -0.116. The third-order valence-electron chi connectivity index (χ3n) is 3.23. The topological polar surface area (TPSA) is 34.1 Å². The van der Waals surface area contributed by atoms with Crippen LogP contribution < -0.4 is 0 Å². The third kappa shape index (κ3) is 3.26. The summed E-state index contributed by atoms with van der Waals surface area (Å²) >= 11 is 0. The molecule has 0 N–H and O–H groups in total. The van der Waals surface area contributed by atoms with Crippen LogP contribution in [-0.4, -0.2) is 18.9 Å². The molecule has 0 rings (SSSR count). The quantitative estimate of drug-likeness (QED) is 0.597. The summed E-state index contributed by atoms with van der Waals surface area (Å²) in [5, 5.41) is 0.571. The van der Waals surface area contributed by atoms with Gasteiger partial charge in [-0.1, -0.05) is 27.7 Å². The molecular weight excluding hydrogens is 204 g/mol. The van der Waals surface area contributed by atoms with E-state index in [1.807, 2.05) is 27.7 Å². The van der Waals surface area contributed by atoms with Gasteiger partial charge in [0.2, 0.25) is 8.07 Å². The van der Waals surface area contributed by atoms with Crippen LogP contribution >= 0.6 is 0 Å². The van der Waals surface area contributed by atoms with Crippen LogP contribution in [0, 0.1) is 0 Å². The molecule has 0 aromatic carbocycles. The maximum atomic E-state index is 12.1. The molecule has 0 aliphatic rings. The highest BCUT2D eigenvalue weighted by molar-refractivity contribution is 7.25. The van der Waals surface area contributed by atoms with Crippen LogP contribution in [0.25, 0.3) is 0 Å². The minimum atomic E-state index is -2.27. The molecule has 0 aromatic heterocycles. The highest BCUT2D eigenvalue weighted by atomic mass is 28.3. The van der Waals surface area contributed by atoms with E-state index in [2.05, 4.69) is 0 Å². The summed E-state index contributed by atoms with van der Waals surface area (Å²) in [6.07, 6.45) is 2.94. The summed E-state index contributed by atoms with van der Waals surface area (Å²) in [4.78, 5) is 24.2. The molecule has 0 amide bonds. The van der Waals surface area contributed by atoms with Crippen LogP contribution in [0.2, 0.25) is 12.1 Å². The lowest BCUT2D eigenvalue weighted by Crippen LogP contribution is -2.51. The van der Waals surface area contributed by atoms with E-state index in [0.29, 0.717) is 12.8 Å². The molecule has 0 aromatic rings. The van der Waals surface area contributed by atoms with E-state index in [-0.39, 0.29) is 10.8 Å². The molecule has 88 valence electrons. The minimum Gasteiger partial charge on any atom is -0.305 e. The summed E-state index contributed by atoms with van der Waals surface area (Å²) in [6.45, 7) is 8.03. The zero-order valence-electron chi connectivity index (χ0n) is 10.6. The Balaban J connectivity index is 4.86. The second kappa shape index (κ2) is 6.93. The van der Waals surface area contributed by atoms with Gasteiger partial charge in [0.05, 0.1) is 0 Å². The Morgan fingerprint density at radius 1 is 0.800 bits per heavy atom. The van der Waals surface area contributed by atoms with E-state index < -0.39 is 8.07 Å². The number of rotatable bonds is 8. The van der Waals surface area contributed by atoms with Gasteiger partial charge >= 0.3 is 0 Å². The first-order chi connectivity index (χ1) is 7.08. The molecule has 0 atom stereocenters. The van der Waals surface area contributed by atoms with Crippen LogP contribution in [0.1, 0.15) is 53.4 Å². The van der Waals surface area contributed by atoms with E-state index in [0.717, 1.165) is 24.9 Å². The van der Waals surface area contributed by atoms with Crippen molar-refractivity contribution in [1.29, 1.82) is 0 Å². The molecule has 3 heteroatoms. The van der Waals surface area contributed by atoms with Crippen molar-refractivity contribution in [2.24, 2.45) is 0 Å². The maximum absolute atomic E-state index is 12.1. The highest BCUT2D eigenvalue weighted by Gasteiger charge is 2.43. The molecule has 0 saturated heterocycles. The monoisotopic (exact) mass is 228 g/mol. The fraction of sp³-hybridized carbons (Fsp3) is 0.833. The SMILES string of the molecule is CCCC(=O)[Si](CC)(CC)C(=O)CCC. The number of carbonyl (C=O) groups excluding carboxylic acids is 2. The average molecular weight is 228 g/mol. The van der Waals surface area contributed by atoms with Crippen LogP contribution in [0.15, 0.2) is 0 Å². The second-order valence-electron chi connectivity index (χ2n) is 4.14. The lowest BCUT2D eigenvalue weighted by Gasteiger charge is -2.25. The first-order valence-electron chi connectivity index (χ1n) is 6.15. The van der Waals surface area contributed by atoms with Gasteiger partial charge in [0.25, 0.3) is 0 Å². The smallest absolute Gasteiger partial charge is 0.207 e. The molecule has 0 bridgehead atoms. The summed E-state index contributed by atoms with van der Waals surface area (Å²) in [5.74, 6) is 0. The molecule has 0 fully saturated rings. The largest absolute Gasteiger partial charge is 0.305 e. The number of hydrogen-bond acceptors (Lipinski definition) is 2. The second-order valence-corrected chi connectivity index (χ2v) is 8.83. The van der Waals surface area contributed by atoms with Gasteiger partial charge in [0, 0.05) is 12.8 Å². The lowest BCUT2D eigenvalue weighted by atomic mass is 10.4. The zero-order valence-corrected chi connectivity index (χ0v) is 11.6. The van der Waals surface area contributed by atoms with Gasteiger partial charge in [-0.25, -0.2) is 0 Å². The average Bonchev–Trinajstić information content (AvgIpc) is 2.21. The standard InChI is InChI=1S/C12H24O2Si/c1-5-9-11(13)15(7-3,8-4)12(14)10-6-2/h5-10H2,1-4H3. The summed E-state index contributed by atoms with van der Waals surface area (Å²) in [5.41, 5.74) is 0. The zero-order chi connectivity index (χ0) is 11.9. The fourth-order valence-corrected chi connectivity index (χ4v) is 5.97. The third-order valence-corrected chi connectivity index (χ3v) is 8.28. The predicted molar refractivity (Wildman–Crippen MR) is 66.5 cm³/mol. The van der Waals surface area contributed by atoms with Gasteiger partial charge in [-0.05, 0) is 24.9 Å². The first-order valence-corrected chi connectivity index (χ1v) is 8.57. The Kier molecular flexibility index (Phi) is 6.73. The predicted octanol–water partition coefficient (Wildman–Crippen LogP) is 3.29. The normalized spacial score (nSPS) is 11.5. The van der Waals surface area contributed by atoms with Gasteiger partial charge in [-0.15, -0.1) is 0 Å². The van der Waals surface area contributed by atoms with Crippen molar-refractivity contribution >= 4 is 18.9 Å². The molecule has 15 heavy (non-hydrogen) atoms. The summed E-state index contributed by atoms with van der Waals surface area (Å²) in [6, 6.07) is 1.59. The van der Waals surface area contributed by atoms with Crippen molar-refractivity contribution in [3.8, 4) is 0 Å². The summed E-state index contributed by atoms with van der Waals surface area (Å²) < 4.78 is 0. The minimum absolute atomic E-state index is 0.286. The van der Waals surface area contributed by atoms with E-state index in [9.17, 15) is 9.59 Å². The summed E-state index contributed by atoms with van der Waals surface area (Å²) in [7, 11) is -2.27. The van der Waals surface area contributed by atoms with Crippen molar-refractivity contribution in [2.75, 3.05) is 0 Å². The van der Waals surface area contributed by atoms with Crippen LogP contribution in [-0.2, 0) is 9.59 Å². The number of carbonyl (C=O) groups is 2. The Morgan fingerprint density at radius 2 is 1.13 bits per heavy atom. The van der Waals surface area contributed by atoms with Crippen LogP contribution in [0.5, 0.6) is 0 Å². The molecule has 0 spiro atoms. The van der Waals surface area contributed by atoms with Crippen LogP contribution in [0.4, 0.5) is 0 Å². The molecule has 0 heterocycles. The van der Waals surface area contributed by atoms with Crippen molar-refractivity contribution < 1.29 is 9.59 Å². The van der Waals surface area contributed by atoms with Crippen molar-refractivity contribution in [1.82, 2.24) is 0 Å². The van der Waals surface area contributed by atoms with Gasteiger partial charge in [-0.2, -0.15) is 0 Å². The van der Waals surface area contributed by atoms with Crippen molar-refractivity contribution in [3.63, 3.8) is 0 Å². The molecule has 0 saturated carbocycles. The molecule has 0 radical (unpaired) electrons. The molecule has 2 nitrogen and oxygen atoms in total. The first kappa shape index (κ1) is 14.6. The Labute approximate surface area is 94.5 Å². The van der Waals surface area contributed by atoms with Crippen molar-refractivity contribution in [2.45, 2.75) is 65.5 Å². The molecular formula is C12H24O2Si. The van der Waals surface area contributed by atoms with E-state index >= 15 is 0 Å². The Hall–Kier alpha value is -0.443. The van der Waals surface area contributed by atoms with Crippen LogP contribution in [0.3, 0.4) is 0 Å². The van der Waals surface area contributed by atoms with Gasteiger partial charge < -0.3 is 9.59 Å². The van der Waals surface area contributed by atoms with Gasteiger partial charge in [-0.3, -0.25) is 0 Å². The van der Waals surface area contributed by atoms with Gasteiger partial charge in [0.1, 0.15) is 10.8 Å². The Bertz CT molecular complexity index is 200. The highest BCUT2D eigenvalue weighted by Crippen LogP contribution is 2.22. The fourth-order valence-electron chi connectivity index (χ4n) is 2.13.